The molecule has 0 radical (unpaired) electrons. The highest BCUT2D eigenvalue weighted by Crippen LogP contribution is 2.20. The lowest BCUT2D eigenvalue weighted by atomic mass is 9.98. The van der Waals surface area contributed by atoms with Crippen LogP contribution in [0.1, 0.15) is 18.4 Å². The first-order chi connectivity index (χ1) is 8.18. The zero-order valence-corrected chi connectivity index (χ0v) is 9.92. The highest BCUT2D eigenvalue weighted by molar-refractivity contribution is 5.93. The summed E-state index contributed by atoms with van der Waals surface area (Å²) in [6.45, 7) is 3.43. The van der Waals surface area contributed by atoms with Gasteiger partial charge in [-0.25, -0.2) is 4.39 Å². The zero-order valence-electron chi connectivity index (χ0n) is 9.92. The second-order valence-corrected chi connectivity index (χ2v) is 4.46. The van der Waals surface area contributed by atoms with E-state index < -0.39 is 0 Å². The Morgan fingerprint density at radius 2 is 2.35 bits per heavy atom. The molecule has 0 unspecified atom stereocenters. The molecule has 0 spiro atoms. The summed E-state index contributed by atoms with van der Waals surface area (Å²) in [5, 5.41) is 5.87. The molecule has 1 amide bonds. The number of piperidine rings is 1. The molecule has 2 rings (SSSR count). The summed E-state index contributed by atoms with van der Waals surface area (Å²) in [5.74, 6) is -0.518. The minimum absolute atomic E-state index is 0.0530. The van der Waals surface area contributed by atoms with Gasteiger partial charge in [-0.05, 0) is 37.9 Å². The van der Waals surface area contributed by atoms with Crippen molar-refractivity contribution >= 4 is 11.6 Å². The predicted molar refractivity (Wildman–Crippen MR) is 65.4 cm³/mol. The van der Waals surface area contributed by atoms with Crippen LogP contribution in [0.4, 0.5) is 10.1 Å². The van der Waals surface area contributed by atoms with E-state index in [2.05, 4.69) is 10.6 Å². The number of halogens is 1. The van der Waals surface area contributed by atoms with Crippen molar-refractivity contribution in [1.29, 1.82) is 0 Å². The van der Waals surface area contributed by atoms with Crippen LogP contribution in [-0.4, -0.2) is 19.0 Å². The molecule has 1 aliphatic heterocycles. The van der Waals surface area contributed by atoms with E-state index in [1.165, 1.54) is 6.07 Å². The lowest BCUT2D eigenvalue weighted by Crippen LogP contribution is -2.37. The third kappa shape index (κ3) is 2.82. The van der Waals surface area contributed by atoms with E-state index in [-0.39, 0.29) is 17.6 Å². The Balaban J connectivity index is 2.07. The Morgan fingerprint density at radius 1 is 1.53 bits per heavy atom. The Morgan fingerprint density at radius 3 is 3.00 bits per heavy atom. The Labute approximate surface area is 100 Å². The average molecular weight is 236 g/mol. The summed E-state index contributed by atoms with van der Waals surface area (Å²) >= 11 is 0. The highest BCUT2D eigenvalue weighted by atomic mass is 19.1. The summed E-state index contributed by atoms with van der Waals surface area (Å²) in [6, 6.07) is 4.79. The standard InChI is InChI=1S/C13H17FN2O/c1-9-4-2-6-11(14)12(9)16-13(17)10-5-3-7-15-8-10/h2,4,6,10,15H,3,5,7-8H2,1H3,(H,16,17)/t10-/m0/s1. The summed E-state index contributed by atoms with van der Waals surface area (Å²) in [4.78, 5) is 12.0. The van der Waals surface area contributed by atoms with Gasteiger partial charge in [-0.2, -0.15) is 0 Å². The molecular weight excluding hydrogens is 219 g/mol. The molecule has 1 aromatic rings. The van der Waals surface area contributed by atoms with Gasteiger partial charge < -0.3 is 10.6 Å². The fourth-order valence-corrected chi connectivity index (χ4v) is 2.09. The van der Waals surface area contributed by atoms with Gasteiger partial charge in [0.25, 0.3) is 0 Å². The van der Waals surface area contributed by atoms with Crippen molar-refractivity contribution in [1.82, 2.24) is 5.32 Å². The largest absolute Gasteiger partial charge is 0.323 e. The molecule has 0 aromatic heterocycles. The molecule has 0 bridgehead atoms. The second-order valence-electron chi connectivity index (χ2n) is 4.46. The van der Waals surface area contributed by atoms with Crippen molar-refractivity contribution in [2.45, 2.75) is 19.8 Å². The topological polar surface area (TPSA) is 41.1 Å². The first-order valence-corrected chi connectivity index (χ1v) is 5.95. The monoisotopic (exact) mass is 236 g/mol. The molecule has 0 aliphatic carbocycles. The number of amides is 1. The summed E-state index contributed by atoms with van der Waals surface area (Å²) in [5.41, 5.74) is 1.06. The molecular formula is C13H17FN2O. The van der Waals surface area contributed by atoms with Crippen molar-refractivity contribution < 1.29 is 9.18 Å². The minimum atomic E-state index is -0.373. The maximum Gasteiger partial charge on any atom is 0.228 e. The van der Waals surface area contributed by atoms with Crippen LogP contribution in [0.15, 0.2) is 18.2 Å². The van der Waals surface area contributed by atoms with Crippen LogP contribution in [0.5, 0.6) is 0 Å². The molecule has 17 heavy (non-hydrogen) atoms. The first-order valence-electron chi connectivity index (χ1n) is 5.95. The Bertz CT molecular complexity index is 394. The second kappa shape index (κ2) is 5.27. The summed E-state index contributed by atoms with van der Waals surface area (Å²) in [7, 11) is 0. The third-order valence-corrected chi connectivity index (χ3v) is 3.14. The maximum absolute atomic E-state index is 13.5. The molecule has 3 nitrogen and oxygen atoms in total. The molecule has 1 aromatic carbocycles. The van der Waals surface area contributed by atoms with E-state index in [0.29, 0.717) is 12.2 Å². The van der Waals surface area contributed by atoms with E-state index >= 15 is 0 Å². The minimum Gasteiger partial charge on any atom is -0.323 e. The SMILES string of the molecule is Cc1cccc(F)c1NC(=O)[C@H]1CCCNC1. The zero-order chi connectivity index (χ0) is 12.3. The lowest BCUT2D eigenvalue weighted by molar-refractivity contribution is -0.120. The van der Waals surface area contributed by atoms with Gasteiger partial charge in [0.05, 0.1) is 11.6 Å². The van der Waals surface area contributed by atoms with Crippen molar-refractivity contribution in [2.75, 3.05) is 18.4 Å². The predicted octanol–water partition coefficient (Wildman–Crippen LogP) is 2.07. The van der Waals surface area contributed by atoms with E-state index in [1.807, 2.05) is 0 Å². The van der Waals surface area contributed by atoms with Crippen LogP contribution in [0.25, 0.3) is 0 Å². The molecule has 92 valence electrons. The molecule has 2 N–H and O–H groups in total. The van der Waals surface area contributed by atoms with Crippen molar-refractivity contribution in [3.05, 3.63) is 29.6 Å². The first kappa shape index (κ1) is 12.0. The van der Waals surface area contributed by atoms with Crippen LogP contribution < -0.4 is 10.6 Å². The molecule has 0 saturated carbocycles. The molecule has 1 atom stereocenters. The van der Waals surface area contributed by atoms with E-state index in [1.54, 1.807) is 19.1 Å². The van der Waals surface area contributed by atoms with Gasteiger partial charge in [0.2, 0.25) is 5.91 Å². The van der Waals surface area contributed by atoms with Gasteiger partial charge in [0, 0.05) is 6.54 Å². The van der Waals surface area contributed by atoms with Crippen LogP contribution >= 0.6 is 0 Å². The number of hydrogen-bond acceptors (Lipinski definition) is 2. The van der Waals surface area contributed by atoms with Crippen LogP contribution in [0.2, 0.25) is 0 Å². The number of carbonyl (C=O) groups is 1. The number of nitrogens with one attached hydrogen (secondary N) is 2. The summed E-state index contributed by atoms with van der Waals surface area (Å²) < 4.78 is 13.5. The number of benzene rings is 1. The quantitative estimate of drug-likeness (QED) is 0.825. The van der Waals surface area contributed by atoms with Gasteiger partial charge in [0.1, 0.15) is 5.82 Å². The fraction of sp³-hybridized carbons (Fsp3) is 0.462. The lowest BCUT2D eigenvalue weighted by Gasteiger charge is -2.22. The van der Waals surface area contributed by atoms with Gasteiger partial charge >= 0.3 is 0 Å². The van der Waals surface area contributed by atoms with Crippen LogP contribution in [0, 0.1) is 18.7 Å². The van der Waals surface area contributed by atoms with Crippen molar-refractivity contribution in [2.24, 2.45) is 5.92 Å². The third-order valence-electron chi connectivity index (χ3n) is 3.14. The summed E-state index contributed by atoms with van der Waals surface area (Å²) in [6.07, 6.45) is 1.86. The molecule has 1 saturated heterocycles. The van der Waals surface area contributed by atoms with Gasteiger partial charge in [-0.15, -0.1) is 0 Å². The number of para-hydroxylation sites is 1. The average Bonchev–Trinajstić information content (AvgIpc) is 2.35. The number of aryl methyl sites for hydroxylation is 1. The van der Waals surface area contributed by atoms with E-state index in [4.69, 9.17) is 0 Å². The maximum atomic E-state index is 13.5. The van der Waals surface area contributed by atoms with Gasteiger partial charge in [-0.1, -0.05) is 12.1 Å². The number of rotatable bonds is 2. The molecule has 1 heterocycles. The molecule has 1 fully saturated rings. The normalized spacial score (nSPS) is 20.0. The molecule has 4 heteroatoms. The smallest absolute Gasteiger partial charge is 0.228 e. The van der Waals surface area contributed by atoms with Crippen molar-refractivity contribution in [3.8, 4) is 0 Å². The van der Waals surface area contributed by atoms with Gasteiger partial charge in [0.15, 0.2) is 0 Å². The van der Waals surface area contributed by atoms with Crippen LogP contribution in [-0.2, 0) is 4.79 Å². The number of carbonyl (C=O) groups excluding carboxylic acids is 1. The molecule has 1 aliphatic rings. The van der Waals surface area contributed by atoms with E-state index in [9.17, 15) is 9.18 Å². The number of anilines is 1. The van der Waals surface area contributed by atoms with Crippen LogP contribution in [0.3, 0.4) is 0 Å². The van der Waals surface area contributed by atoms with E-state index in [0.717, 1.165) is 24.9 Å². The number of hydrogen-bond donors (Lipinski definition) is 2. The Hall–Kier alpha value is -1.42. The Kier molecular flexibility index (Phi) is 3.74. The fourth-order valence-electron chi connectivity index (χ4n) is 2.09. The highest BCUT2D eigenvalue weighted by Gasteiger charge is 2.22. The van der Waals surface area contributed by atoms with Gasteiger partial charge in [-0.3, -0.25) is 4.79 Å². The van der Waals surface area contributed by atoms with Crippen molar-refractivity contribution in [3.63, 3.8) is 0 Å².